The summed E-state index contributed by atoms with van der Waals surface area (Å²) in [6, 6.07) is 0. The molecular formula is H2CaNaO4Si+. The SMILES string of the molecule is O.O=[Si]([O-])[O-].[Ca+2].[Na+]. The second-order valence-electron chi connectivity index (χ2n) is 0.250. The van der Waals surface area contributed by atoms with Gasteiger partial charge in [0.25, 0.3) is 0 Å². The Bertz CT molecular complexity index is 34.7. The fraction of sp³-hybridized carbons (Fsp3) is 0. The fourth-order valence-electron chi connectivity index (χ4n) is 0. The summed E-state index contributed by atoms with van der Waals surface area (Å²) in [7, 11) is -3.63. The molecule has 7 heavy (non-hydrogen) atoms. The van der Waals surface area contributed by atoms with Crippen molar-refractivity contribution in [3.05, 3.63) is 0 Å². The Morgan fingerprint density at radius 3 is 1.29 bits per heavy atom. The molecule has 0 spiro atoms. The Morgan fingerprint density at radius 1 is 1.29 bits per heavy atom. The number of rotatable bonds is 0. The second kappa shape index (κ2) is 15.7. The summed E-state index contributed by atoms with van der Waals surface area (Å²) in [5, 5.41) is 0. The molecule has 0 atom stereocenters. The monoisotopic (exact) mass is 157 g/mol. The van der Waals surface area contributed by atoms with Gasteiger partial charge < -0.3 is 19.5 Å². The van der Waals surface area contributed by atoms with E-state index < -0.39 is 9.17 Å². The molecule has 0 aliphatic rings. The molecule has 0 amide bonds. The number of hydrogen-bond donors (Lipinski definition) is 0. The first-order valence-electron chi connectivity index (χ1n) is 0.612. The largest absolute Gasteiger partial charge is 2.00 e. The van der Waals surface area contributed by atoms with Crippen molar-refractivity contribution in [2.45, 2.75) is 0 Å². The van der Waals surface area contributed by atoms with E-state index in [4.69, 9.17) is 14.1 Å². The quantitative estimate of drug-likeness (QED) is 0.327. The van der Waals surface area contributed by atoms with E-state index in [-0.39, 0.29) is 72.8 Å². The molecule has 0 rings (SSSR count). The summed E-state index contributed by atoms with van der Waals surface area (Å²) in [5.74, 6) is 0. The molecule has 0 saturated heterocycles. The van der Waals surface area contributed by atoms with Gasteiger partial charge in [-0.05, 0) is 0 Å². The third-order valence-corrected chi connectivity index (χ3v) is 0. The van der Waals surface area contributed by atoms with E-state index in [1.54, 1.807) is 0 Å². The van der Waals surface area contributed by atoms with Gasteiger partial charge in [-0.1, -0.05) is 0 Å². The molecule has 4 nitrogen and oxygen atoms in total. The van der Waals surface area contributed by atoms with Crippen LogP contribution in [0.15, 0.2) is 0 Å². The molecule has 0 fully saturated rings. The van der Waals surface area contributed by atoms with E-state index in [1.165, 1.54) is 0 Å². The number of hydrogen-bond acceptors (Lipinski definition) is 3. The third kappa shape index (κ3) is 79.1. The maximum Gasteiger partial charge on any atom is 2.00 e. The van der Waals surface area contributed by atoms with Crippen LogP contribution in [0.2, 0.25) is 0 Å². The van der Waals surface area contributed by atoms with Crippen molar-refractivity contribution in [3.8, 4) is 0 Å². The van der Waals surface area contributed by atoms with Gasteiger partial charge >= 0.3 is 67.3 Å². The van der Waals surface area contributed by atoms with Gasteiger partial charge in [-0.15, -0.1) is 0 Å². The van der Waals surface area contributed by atoms with Crippen molar-refractivity contribution < 1.29 is 49.1 Å². The molecule has 0 aromatic carbocycles. The average Bonchev–Trinajstić information content (AvgIpc) is 0.811. The Labute approximate surface area is 94.4 Å². The molecule has 0 saturated carbocycles. The van der Waals surface area contributed by atoms with Gasteiger partial charge in [0.05, 0.1) is 0 Å². The van der Waals surface area contributed by atoms with Crippen molar-refractivity contribution in [1.82, 2.24) is 0 Å². The maximum absolute atomic E-state index is 8.52. The van der Waals surface area contributed by atoms with Crippen molar-refractivity contribution in [2.24, 2.45) is 0 Å². The summed E-state index contributed by atoms with van der Waals surface area (Å²) >= 11 is 0. The van der Waals surface area contributed by atoms with Crippen LogP contribution in [-0.2, 0) is 4.46 Å². The Balaban J connectivity index is -0.0000000150. The Kier molecular flexibility index (Phi) is 51.9. The molecule has 32 valence electrons. The molecule has 0 radical (unpaired) electrons. The molecular weight excluding hydrogens is 155 g/mol. The summed E-state index contributed by atoms with van der Waals surface area (Å²) < 4.78 is 8.52. The zero-order valence-electron chi connectivity index (χ0n) is 3.93. The standard InChI is InChI=1S/Ca.Na.O3Si.H2O/c;;1-4(2)3;/h;;;1H2/q+2;+1;-2;. The molecule has 2 N–H and O–H groups in total. The molecule has 0 unspecified atom stereocenters. The van der Waals surface area contributed by atoms with E-state index in [9.17, 15) is 0 Å². The van der Waals surface area contributed by atoms with Crippen molar-refractivity contribution in [1.29, 1.82) is 0 Å². The minimum Gasteiger partial charge on any atom is -0.672 e. The van der Waals surface area contributed by atoms with Crippen LogP contribution in [0.25, 0.3) is 0 Å². The minimum atomic E-state index is -3.63. The van der Waals surface area contributed by atoms with E-state index >= 15 is 0 Å². The van der Waals surface area contributed by atoms with E-state index in [0.29, 0.717) is 0 Å². The average molecular weight is 157 g/mol. The molecule has 0 aliphatic carbocycles. The molecule has 0 aromatic heterocycles. The van der Waals surface area contributed by atoms with Crippen LogP contribution in [-0.4, -0.2) is 52.4 Å². The van der Waals surface area contributed by atoms with Crippen LogP contribution in [0.4, 0.5) is 0 Å². The Hall–Kier alpha value is 1.84. The first-order valence-corrected chi connectivity index (χ1v) is 1.84. The fourth-order valence-corrected chi connectivity index (χ4v) is 0. The molecule has 0 aromatic rings. The van der Waals surface area contributed by atoms with Gasteiger partial charge in [-0.25, -0.2) is 0 Å². The van der Waals surface area contributed by atoms with Crippen LogP contribution in [0, 0.1) is 0 Å². The summed E-state index contributed by atoms with van der Waals surface area (Å²) in [5.41, 5.74) is 0. The molecule has 0 bridgehead atoms. The van der Waals surface area contributed by atoms with Gasteiger partial charge in [-0.2, -0.15) is 0 Å². The van der Waals surface area contributed by atoms with Gasteiger partial charge in [0.15, 0.2) is 0 Å². The summed E-state index contributed by atoms with van der Waals surface area (Å²) in [6.07, 6.45) is 0. The van der Waals surface area contributed by atoms with Crippen molar-refractivity contribution in [2.75, 3.05) is 0 Å². The van der Waals surface area contributed by atoms with E-state index in [2.05, 4.69) is 0 Å². The van der Waals surface area contributed by atoms with Crippen LogP contribution in [0.5, 0.6) is 0 Å². The van der Waals surface area contributed by atoms with Crippen LogP contribution >= 0.6 is 0 Å². The van der Waals surface area contributed by atoms with Gasteiger partial charge in [0.2, 0.25) is 0 Å². The first-order chi connectivity index (χ1) is 1.73. The first kappa shape index (κ1) is 23.2. The zero-order valence-corrected chi connectivity index (χ0v) is 9.14. The predicted molar refractivity (Wildman–Crippen MR) is 15.8 cm³/mol. The summed E-state index contributed by atoms with van der Waals surface area (Å²) in [6.45, 7) is 0. The maximum atomic E-state index is 8.52. The van der Waals surface area contributed by atoms with Crippen LogP contribution in [0.1, 0.15) is 0 Å². The van der Waals surface area contributed by atoms with Crippen LogP contribution in [0.3, 0.4) is 0 Å². The van der Waals surface area contributed by atoms with Crippen molar-refractivity contribution in [3.63, 3.8) is 0 Å². The van der Waals surface area contributed by atoms with Gasteiger partial charge in [-0.3, -0.25) is 0 Å². The van der Waals surface area contributed by atoms with E-state index in [0.717, 1.165) is 0 Å². The van der Waals surface area contributed by atoms with Crippen LogP contribution < -0.4 is 39.1 Å². The predicted octanol–water partition coefficient (Wildman–Crippen LogP) is -7.08. The Morgan fingerprint density at radius 2 is 1.29 bits per heavy atom. The van der Waals surface area contributed by atoms with Crippen molar-refractivity contribution >= 4 is 46.9 Å². The molecule has 0 heterocycles. The normalized spacial score (nSPS) is 3.43. The van der Waals surface area contributed by atoms with Gasteiger partial charge in [0.1, 0.15) is 0 Å². The summed E-state index contributed by atoms with van der Waals surface area (Å²) in [4.78, 5) is 17.0. The second-order valence-corrected chi connectivity index (χ2v) is 0.750. The topological polar surface area (TPSA) is 94.7 Å². The smallest absolute Gasteiger partial charge is 0.672 e. The third-order valence-electron chi connectivity index (χ3n) is 0. The van der Waals surface area contributed by atoms with E-state index in [1.807, 2.05) is 0 Å². The van der Waals surface area contributed by atoms with Gasteiger partial charge in [0, 0.05) is 9.17 Å². The molecule has 7 heteroatoms. The zero-order chi connectivity index (χ0) is 3.58. The minimum absolute atomic E-state index is 0. The molecule has 0 aliphatic heterocycles.